The lowest BCUT2D eigenvalue weighted by Crippen LogP contribution is -2.09. The van der Waals surface area contributed by atoms with Crippen molar-refractivity contribution in [1.29, 1.82) is 0 Å². The Morgan fingerprint density at radius 3 is 2.48 bits per heavy atom. The Bertz CT molecular complexity index is 1250. The van der Waals surface area contributed by atoms with E-state index in [1.807, 2.05) is 12.1 Å². The molecular formula is C18H11Cl3N4O2S2. The number of aromatic nitrogens is 4. The fourth-order valence-electron chi connectivity index (χ4n) is 2.41. The molecule has 0 saturated heterocycles. The van der Waals surface area contributed by atoms with E-state index in [1.54, 1.807) is 34.8 Å². The predicted molar refractivity (Wildman–Crippen MR) is 116 cm³/mol. The molecule has 2 aromatic heterocycles. The Labute approximate surface area is 189 Å². The molecule has 0 radical (unpaired) electrons. The second-order valence-corrected chi connectivity index (χ2v) is 8.35. The average molecular weight is 486 g/mol. The van der Waals surface area contributed by atoms with E-state index in [0.29, 0.717) is 42.4 Å². The van der Waals surface area contributed by atoms with Crippen LogP contribution in [0.1, 0.15) is 10.8 Å². The molecule has 0 bridgehead atoms. The molecule has 0 saturated carbocycles. The zero-order chi connectivity index (χ0) is 20.4. The van der Waals surface area contributed by atoms with Crippen molar-refractivity contribution in [2.24, 2.45) is 0 Å². The summed E-state index contributed by atoms with van der Waals surface area (Å²) in [7, 11) is 0. The Morgan fingerprint density at radius 1 is 0.931 bits per heavy atom. The maximum atomic E-state index is 6.15. The summed E-state index contributed by atoms with van der Waals surface area (Å²) in [4.78, 5) is 9.11. The molecule has 2 heterocycles. The van der Waals surface area contributed by atoms with Gasteiger partial charge < -0.3 is 9.47 Å². The Balaban J connectivity index is 1.56. The molecule has 2 aromatic carbocycles. The molecule has 0 fully saturated rings. The van der Waals surface area contributed by atoms with Crippen LogP contribution >= 0.6 is 58.4 Å². The minimum Gasteiger partial charge on any atom is -0.485 e. The lowest BCUT2D eigenvalue weighted by Gasteiger charge is -2.08. The lowest BCUT2D eigenvalue weighted by atomic mass is 10.3. The van der Waals surface area contributed by atoms with Crippen LogP contribution in [0, 0.1) is 4.77 Å². The summed E-state index contributed by atoms with van der Waals surface area (Å²) in [5, 5.41) is 6.65. The average Bonchev–Trinajstić information content (AvgIpc) is 3.09. The number of halogens is 3. The van der Waals surface area contributed by atoms with Crippen LogP contribution in [0.3, 0.4) is 0 Å². The second-order valence-electron chi connectivity index (χ2n) is 5.70. The number of nitrogens with zero attached hydrogens (tertiary/aromatic N) is 4. The van der Waals surface area contributed by atoms with Gasteiger partial charge in [-0.15, -0.1) is 0 Å². The Hall–Kier alpha value is -1.97. The van der Waals surface area contributed by atoms with Gasteiger partial charge in [0.15, 0.2) is 10.8 Å². The van der Waals surface area contributed by atoms with Gasteiger partial charge in [0.2, 0.25) is 9.73 Å². The first kappa shape index (κ1) is 20.3. The lowest BCUT2D eigenvalue weighted by molar-refractivity contribution is 0.289. The molecular weight excluding hydrogens is 475 g/mol. The van der Waals surface area contributed by atoms with Crippen molar-refractivity contribution >= 4 is 63.3 Å². The van der Waals surface area contributed by atoms with E-state index in [0.717, 1.165) is 0 Å². The first-order valence-electron chi connectivity index (χ1n) is 8.20. The van der Waals surface area contributed by atoms with Gasteiger partial charge in [-0.05, 0) is 42.5 Å². The van der Waals surface area contributed by atoms with Gasteiger partial charge in [0.05, 0.1) is 10.0 Å². The summed E-state index contributed by atoms with van der Waals surface area (Å²) in [6.07, 6.45) is 0. The van der Waals surface area contributed by atoms with Crippen LogP contribution < -0.4 is 9.47 Å². The number of hydrogen-bond acceptors (Lipinski definition) is 7. The van der Waals surface area contributed by atoms with Gasteiger partial charge in [0, 0.05) is 5.02 Å². The monoisotopic (exact) mass is 484 g/mol. The molecule has 0 N–H and O–H groups in total. The third-order valence-corrected chi connectivity index (χ3v) is 5.61. The molecule has 0 spiro atoms. The molecule has 4 aromatic rings. The van der Waals surface area contributed by atoms with Gasteiger partial charge >= 0.3 is 0 Å². The zero-order valence-electron chi connectivity index (χ0n) is 14.5. The minimum absolute atomic E-state index is 0.100. The van der Waals surface area contributed by atoms with Gasteiger partial charge in [0.25, 0.3) is 0 Å². The van der Waals surface area contributed by atoms with Crippen molar-refractivity contribution < 1.29 is 9.47 Å². The summed E-state index contributed by atoms with van der Waals surface area (Å²) < 4.78 is 13.3. The molecule has 6 nitrogen and oxygen atoms in total. The summed E-state index contributed by atoms with van der Waals surface area (Å²) in [5.74, 6) is 1.55. The van der Waals surface area contributed by atoms with Crippen LogP contribution in [-0.4, -0.2) is 19.6 Å². The highest BCUT2D eigenvalue weighted by Crippen LogP contribution is 2.28. The highest BCUT2D eigenvalue weighted by molar-refractivity contribution is 7.71. The molecule has 29 heavy (non-hydrogen) atoms. The fourth-order valence-corrected chi connectivity index (χ4v) is 4.13. The maximum Gasteiger partial charge on any atom is 0.223 e. The molecule has 4 rings (SSSR count). The highest BCUT2D eigenvalue weighted by Gasteiger charge is 2.13. The van der Waals surface area contributed by atoms with Gasteiger partial charge in [-0.1, -0.05) is 58.3 Å². The van der Waals surface area contributed by atoms with Crippen molar-refractivity contribution in [3.63, 3.8) is 0 Å². The Kier molecular flexibility index (Phi) is 6.17. The van der Waals surface area contributed by atoms with Crippen molar-refractivity contribution in [2.75, 3.05) is 0 Å². The van der Waals surface area contributed by atoms with E-state index in [1.165, 1.54) is 11.3 Å². The largest absolute Gasteiger partial charge is 0.485 e. The van der Waals surface area contributed by atoms with Crippen LogP contribution in [0.5, 0.6) is 11.5 Å². The van der Waals surface area contributed by atoms with Crippen molar-refractivity contribution in [3.05, 3.63) is 73.1 Å². The quantitative estimate of drug-likeness (QED) is 0.311. The smallest absolute Gasteiger partial charge is 0.223 e. The van der Waals surface area contributed by atoms with Gasteiger partial charge in [-0.25, -0.2) is 0 Å². The third-order valence-electron chi connectivity index (χ3n) is 3.70. The van der Waals surface area contributed by atoms with Crippen LogP contribution in [0.2, 0.25) is 15.1 Å². The van der Waals surface area contributed by atoms with Gasteiger partial charge in [-0.2, -0.15) is 19.6 Å². The molecule has 0 aliphatic heterocycles. The molecule has 148 valence electrons. The number of benzene rings is 2. The van der Waals surface area contributed by atoms with Crippen LogP contribution in [0.25, 0.3) is 4.96 Å². The maximum absolute atomic E-state index is 6.15. The van der Waals surface area contributed by atoms with Crippen LogP contribution in [0.4, 0.5) is 0 Å². The number of fused-ring (bicyclic) bond motifs is 1. The van der Waals surface area contributed by atoms with Gasteiger partial charge in [-0.3, -0.25) is 0 Å². The van der Waals surface area contributed by atoms with E-state index in [4.69, 9.17) is 56.5 Å². The molecule has 0 unspecified atom stereocenters. The fraction of sp³-hybridized carbons (Fsp3) is 0.111. The molecule has 0 atom stereocenters. The SMILES string of the molecule is S=c1nc(COc2ccc(Cl)cc2Cl)n2nc(COc3ccccc3Cl)sc2n1. The number of rotatable bonds is 6. The number of ether oxygens (including phenoxy) is 2. The topological polar surface area (TPSA) is 61.5 Å². The third kappa shape index (κ3) is 4.79. The molecule has 0 aliphatic rings. The summed E-state index contributed by atoms with van der Waals surface area (Å²) >= 11 is 24.7. The van der Waals surface area contributed by atoms with E-state index in [-0.39, 0.29) is 18.0 Å². The first-order valence-corrected chi connectivity index (χ1v) is 10.6. The van der Waals surface area contributed by atoms with E-state index in [2.05, 4.69) is 15.1 Å². The van der Waals surface area contributed by atoms with E-state index in [9.17, 15) is 0 Å². The number of para-hydroxylation sites is 1. The molecule has 11 heteroatoms. The number of hydrogen-bond donors (Lipinski definition) is 0. The van der Waals surface area contributed by atoms with Crippen molar-refractivity contribution in [1.82, 2.24) is 19.6 Å². The van der Waals surface area contributed by atoms with Gasteiger partial charge in [0.1, 0.15) is 24.7 Å². The first-order chi connectivity index (χ1) is 14.0. The Morgan fingerprint density at radius 2 is 1.69 bits per heavy atom. The summed E-state index contributed by atoms with van der Waals surface area (Å²) in [6.45, 7) is 0.330. The molecule has 0 amide bonds. The minimum atomic E-state index is 0.100. The molecule has 0 aliphatic carbocycles. The highest BCUT2D eigenvalue weighted by atomic mass is 35.5. The zero-order valence-corrected chi connectivity index (χ0v) is 18.4. The summed E-state index contributed by atoms with van der Waals surface area (Å²) in [5.41, 5.74) is 0. The predicted octanol–water partition coefficient (Wildman–Crippen LogP) is 6.03. The normalized spacial score (nSPS) is 11.0. The summed E-state index contributed by atoms with van der Waals surface area (Å²) in [6, 6.07) is 12.2. The van der Waals surface area contributed by atoms with E-state index < -0.39 is 0 Å². The van der Waals surface area contributed by atoms with Crippen LogP contribution in [-0.2, 0) is 13.2 Å². The van der Waals surface area contributed by atoms with Crippen molar-refractivity contribution in [2.45, 2.75) is 13.2 Å². The van der Waals surface area contributed by atoms with Crippen molar-refractivity contribution in [3.8, 4) is 11.5 Å². The second kappa shape index (κ2) is 8.81. The van der Waals surface area contributed by atoms with Crippen LogP contribution in [0.15, 0.2) is 42.5 Å². The standard InChI is InChI=1S/C18H11Cl3N4O2S2/c19-10-5-6-14(12(21)7-10)26-8-15-22-17(28)23-18-25(15)24-16(29-18)9-27-13-4-2-1-3-11(13)20/h1-7H,8-9H2. The van der Waals surface area contributed by atoms with E-state index >= 15 is 0 Å².